The third kappa shape index (κ3) is 3.07. The van der Waals surface area contributed by atoms with Gasteiger partial charge in [-0.1, -0.05) is 0 Å². The van der Waals surface area contributed by atoms with Crippen LogP contribution >= 0.6 is 0 Å². The number of aromatic amines is 1. The number of H-pyrrole nitrogens is 1. The minimum Gasteiger partial charge on any atom is -0.481 e. The van der Waals surface area contributed by atoms with Crippen LogP contribution in [0.2, 0.25) is 0 Å². The van der Waals surface area contributed by atoms with Crippen molar-refractivity contribution < 1.29 is 18.7 Å². The fourth-order valence-electron chi connectivity index (χ4n) is 2.07. The lowest BCUT2D eigenvalue weighted by Crippen LogP contribution is -2.09. The molecule has 0 saturated carbocycles. The van der Waals surface area contributed by atoms with Crippen molar-refractivity contribution in [1.29, 1.82) is 0 Å². The Bertz CT molecular complexity index is 881. The van der Waals surface area contributed by atoms with Gasteiger partial charge in [0.25, 0.3) is 0 Å². The molecule has 7 nitrogen and oxygen atoms in total. The predicted molar refractivity (Wildman–Crippen MR) is 77.8 cm³/mol. The molecule has 0 saturated heterocycles. The van der Waals surface area contributed by atoms with Crippen LogP contribution in [0.4, 0.5) is 14.6 Å². The first-order valence-corrected chi connectivity index (χ1v) is 6.67. The summed E-state index contributed by atoms with van der Waals surface area (Å²) in [6.45, 7) is 0.146. The van der Waals surface area contributed by atoms with Gasteiger partial charge in [0, 0.05) is 6.54 Å². The van der Waals surface area contributed by atoms with Crippen LogP contribution in [0, 0.1) is 11.6 Å². The standard InChI is InChI=1S/C14H11F2N5O2/c15-7-5-8-12(20-21-14(8)18-6-7)13-9(16)1-2-10(19-13)17-4-3-11(22)23/h1-2,5-6H,3-4H2,(H,17,19)(H,22,23)(H,18,20,21). The molecule has 0 bridgehead atoms. The SMILES string of the molecule is O=C(O)CCNc1ccc(F)c(-c2[nH]nc3ncc(F)cc23)n1. The molecular formula is C14H11F2N5O2. The second-order valence-corrected chi connectivity index (χ2v) is 4.72. The third-order valence-corrected chi connectivity index (χ3v) is 3.10. The first-order chi connectivity index (χ1) is 11.0. The minimum absolute atomic E-state index is 0.0553. The second-order valence-electron chi connectivity index (χ2n) is 4.72. The van der Waals surface area contributed by atoms with Gasteiger partial charge in [-0.15, -0.1) is 0 Å². The highest BCUT2D eigenvalue weighted by molar-refractivity contribution is 5.89. The van der Waals surface area contributed by atoms with Gasteiger partial charge < -0.3 is 10.4 Å². The molecule has 0 aliphatic heterocycles. The van der Waals surface area contributed by atoms with Crippen molar-refractivity contribution in [2.75, 3.05) is 11.9 Å². The van der Waals surface area contributed by atoms with Crippen LogP contribution in [-0.4, -0.2) is 37.8 Å². The summed E-state index contributed by atoms with van der Waals surface area (Å²) < 4.78 is 27.4. The lowest BCUT2D eigenvalue weighted by molar-refractivity contribution is -0.136. The van der Waals surface area contributed by atoms with E-state index in [1.807, 2.05) is 0 Å². The van der Waals surface area contributed by atoms with Gasteiger partial charge in [-0.25, -0.2) is 18.7 Å². The maximum atomic E-state index is 14.1. The molecule has 0 aliphatic rings. The van der Waals surface area contributed by atoms with Crippen molar-refractivity contribution in [2.24, 2.45) is 0 Å². The number of pyridine rings is 2. The Morgan fingerprint density at radius 2 is 2.17 bits per heavy atom. The number of halogens is 2. The molecular weight excluding hydrogens is 308 g/mol. The number of anilines is 1. The van der Waals surface area contributed by atoms with Gasteiger partial charge in [0.2, 0.25) is 0 Å². The van der Waals surface area contributed by atoms with E-state index in [2.05, 4.69) is 25.5 Å². The predicted octanol–water partition coefficient (Wildman–Crippen LogP) is 2.18. The molecule has 23 heavy (non-hydrogen) atoms. The molecule has 3 heterocycles. The van der Waals surface area contributed by atoms with Crippen LogP contribution in [0.25, 0.3) is 22.4 Å². The fourth-order valence-corrected chi connectivity index (χ4v) is 2.07. The monoisotopic (exact) mass is 319 g/mol. The van der Waals surface area contributed by atoms with Crippen LogP contribution in [-0.2, 0) is 4.79 Å². The molecule has 0 amide bonds. The number of hydrogen-bond donors (Lipinski definition) is 3. The third-order valence-electron chi connectivity index (χ3n) is 3.10. The molecule has 0 atom stereocenters. The van der Waals surface area contributed by atoms with E-state index >= 15 is 0 Å². The average Bonchev–Trinajstić information content (AvgIpc) is 2.91. The van der Waals surface area contributed by atoms with Crippen LogP contribution in [0.15, 0.2) is 24.4 Å². The Morgan fingerprint density at radius 3 is 2.96 bits per heavy atom. The molecule has 0 radical (unpaired) electrons. The van der Waals surface area contributed by atoms with Crippen LogP contribution in [0.3, 0.4) is 0 Å². The highest BCUT2D eigenvalue weighted by Gasteiger charge is 2.15. The van der Waals surface area contributed by atoms with Crippen molar-refractivity contribution in [3.8, 4) is 11.4 Å². The summed E-state index contributed by atoms with van der Waals surface area (Å²) in [5.74, 6) is -1.85. The number of aromatic nitrogens is 4. The summed E-state index contributed by atoms with van der Waals surface area (Å²) in [6, 6.07) is 3.76. The first kappa shape index (κ1) is 14.8. The van der Waals surface area contributed by atoms with Gasteiger partial charge in [0.05, 0.1) is 23.7 Å². The number of fused-ring (bicyclic) bond motifs is 1. The lowest BCUT2D eigenvalue weighted by atomic mass is 10.2. The Labute approximate surface area is 128 Å². The minimum atomic E-state index is -0.957. The molecule has 0 fully saturated rings. The molecule has 0 spiro atoms. The van der Waals surface area contributed by atoms with Gasteiger partial charge in [-0.3, -0.25) is 9.89 Å². The molecule has 3 N–H and O–H groups in total. The van der Waals surface area contributed by atoms with Crippen LogP contribution in [0.5, 0.6) is 0 Å². The molecule has 0 aromatic carbocycles. The van der Waals surface area contributed by atoms with E-state index in [1.54, 1.807) is 0 Å². The number of nitrogens with one attached hydrogen (secondary N) is 2. The fraction of sp³-hybridized carbons (Fsp3) is 0.143. The number of rotatable bonds is 5. The zero-order valence-electron chi connectivity index (χ0n) is 11.7. The zero-order chi connectivity index (χ0) is 16.4. The van der Waals surface area contributed by atoms with E-state index in [0.717, 1.165) is 6.20 Å². The zero-order valence-corrected chi connectivity index (χ0v) is 11.7. The Hall–Kier alpha value is -3.10. The van der Waals surface area contributed by atoms with Crippen molar-refractivity contribution >= 4 is 22.8 Å². The van der Waals surface area contributed by atoms with E-state index in [1.165, 1.54) is 18.2 Å². The van der Waals surface area contributed by atoms with Crippen molar-refractivity contribution in [1.82, 2.24) is 20.2 Å². The number of aliphatic carboxylic acids is 1. The van der Waals surface area contributed by atoms with E-state index in [9.17, 15) is 13.6 Å². The first-order valence-electron chi connectivity index (χ1n) is 6.67. The van der Waals surface area contributed by atoms with Crippen LogP contribution in [0.1, 0.15) is 6.42 Å². The number of carbonyl (C=O) groups is 1. The summed E-state index contributed by atoms with van der Waals surface area (Å²) in [5, 5.41) is 18.2. The lowest BCUT2D eigenvalue weighted by Gasteiger charge is -2.07. The van der Waals surface area contributed by atoms with Gasteiger partial charge in [-0.2, -0.15) is 5.10 Å². The molecule has 0 aliphatic carbocycles. The highest BCUT2D eigenvalue weighted by atomic mass is 19.1. The van der Waals surface area contributed by atoms with E-state index in [0.29, 0.717) is 11.2 Å². The summed E-state index contributed by atoms with van der Waals surface area (Å²) in [6.07, 6.45) is 0.914. The van der Waals surface area contributed by atoms with E-state index in [-0.39, 0.29) is 30.0 Å². The Balaban J connectivity index is 1.97. The van der Waals surface area contributed by atoms with Gasteiger partial charge in [0.15, 0.2) is 11.5 Å². The Kier molecular flexibility index (Phi) is 3.83. The van der Waals surface area contributed by atoms with Crippen LogP contribution < -0.4 is 5.32 Å². The second kappa shape index (κ2) is 5.95. The smallest absolute Gasteiger partial charge is 0.305 e. The molecule has 118 valence electrons. The highest BCUT2D eigenvalue weighted by Crippen LogP contribution is 2.27. The van der Waals surface area contributed by atoms with E-state index < -0.39 is 17.6 Å². The molecule has 3 aromatic heterocycles. The van der Waals surface area contributed by atoms with Crippen molar-refractivity contribution in [3.05, 3.63) is 36.0 Å². The molecule has 9 heteroatoms. The summed E-state index contributed by atoms with van der Waals surface area (Å²) in [5.41, 5.74) is 0.387. The number of carboxylic acid groups (broad SMARTS) is 1. The average molecular weight is 319 g/mol. The summed E-state index contributed by atoms with van der Waals surface area (Å²) in [7, 11) is 0. The summed E-state index contributed by atoms with van der Waals surface area (Å²) in [4.78, 5) is 18.4. The number of nitrogens with zero attached hydrogens (tertiary/aromatic N) is 3. The number of hydrogen-bond acceptors (Lipinski definition) is 5. The van der Waals surface area contributed by atoms with Crippen molar-refractivity contribution in [3.63, 3.8) is 0 Å². The molecule has 3 rings (SSSR count). The van der Waals surface area contributed by atoms with Gasteiger partial charge in [-0.05, 0) is 18.2 Å². The normalized spacial score (nSPS) is 10.9. The van der Waals surface area contributed by atoms with Gasteiger partial charge in [0.1, 0.15) is 17.3 Å². The maximum absolute atomic E-state index is 14.1. The largest absolute Gasteiger partial charge is 0.481 e. The van der Waals surface area contributed by atoms with Crippen molar-refractivity contribution in [2.45, 2.75) is 6.42 Å². The van der Waals surface area contributed by atoms with E-state index in [4.69, 9.17) is 5.11 Å². The number of carboxylic acids is 1. The maximum Gasteiger partial charge on any atom is 0.305 e. The molecule has 3 aromatic rings. The molecule has 0 unspecified atom stereocenters. The topological polar surface area (TPSA) is 104 Å². The quantitative estimate of drug-likeness (QED) is 0.666. The Morgan fingerprint density at radius 1 is 1.35 bits per heavy atom. The summed E-state index contributed by atoms with van der Waals surface area (Å²) >= 11 is 0. The van der Waals surface area contributed by atoms with Gasteiger partial charge >= 0.3 is 5.97 Å².